The zero-order valence-electron chi connectivity index (χ0n) is 11.1. The lowest BCUT2D eigenvalue weighted by Gasteiger charge is -2.18. The average molecular weight is 339 g/mol. The second kappa shape index (κ2) is 6.12. The second-order valence-corrected chi connectivity index (χ2v) is 5.25. The first-order valence-electron chi connectivity index (χ1n) is 6.29. The monoisotopic (exact) mass is 338 g/mol. The summed E-state index contributed by atoms with van der Waals surface area (Å²) >= 11 is 5.56. The molecule has 0 radical (unpaired) electrons. The predicted molar refractivity (Wildman–Crippen MR) is 69.9 cm³/mol. The van der Waals surface area contributed by atoms with Crippen LogP contribution in [0.3, 0.4) is 0 Å². The van der Waals surface area contributed by atoms with Crippen molar-refractivity contribution in [3.63, 3.8) is 0 Å². The molecule has 1 aliphatic heterocycles. The zero-order valence-corrected chi connectivity index (χ0v) is 11.8. The number of alkyl halides is 3. The van der Waals surface area contributed by atoms with Crippen LogP contribution >= 0.6 is 11.6 Å². The second-order valence-electron chi connectivity index (χ2n) is 4.81. The van der Waals surface area contributed by atoms with Gasteiger partial charge in [0.25, 0.3) is 5.91 Å². The molecule has 4 nitrogen and oxygen atoms in total. The van der Waals surface area contributed by atoms with E-state index in [0.29, 0.717) is 4.90 Å². The maximum atomic E-state index is 13.6. The smallest absolute Gasteiger partial charge is 0.340 e. The molecule has 1 aromatic rings. The number of halogens is 5. The summed E-state index contributed by atoms with van der Waals surface area (Å²) in [6, 6.07) is 2.28. The van der Waals surface area contributed by atoms with Crippen molar-refractivity contribution in [3.8, 4) is 0 Å². The lowest BCUT2D eigenvalue weighted by Crippen LogP contribution is -2.44. The normalized spacial score (nSPS) is 18.7. The highest BCUT2D eigenvalue weighted by atomic mass is 35.5. The Labute approximate surface area is 128 Å². The molecule has 22 heavy (non-hydrogen) atoms. The molecule has 1 aliphatic rings. The number of nitrogens with one attached hydrogen (secondary N) is 1. The molecule has 0 aromatic heterocycles. The summed E-state index contributed by atoms with van der Waals surface area (Å²) < 4.78 is 50.4. The number of amides is 2. The van der Waals surface area contributed by atoms with Crippen LogP contribution in [0.4, 0.5) is 17.6 Å². The molecule has 2 amide bonds. The third-order valence-electron chi connectivity index (χ3n) is 3.15. The number of carbonyl (C=O) groups excluding carboxylic acids is 2. The first-order chi connectivity index (χ1) is 10.2. The van der Waals surface area contributed by atoms with Crippen LogP contribution in [0.15, 0.2) is 18.2 Å². The molecule has 1 fully saturated rings. The summed E-state index contributed by atoms with van der Waals surface area (Å²) in [6.07, 6.45) is -4.47. The van der Waals surface area contributed by atoms with Crippen molar-refractivity contribution in [1.82, 2.24) is 10.2 Å². The highest BCUT2D eigenvalue weighted by Crippen LogP contribution is 2.21. The highest BCUT2D eigenvalue weighted by Gasteiger charge is 2.39. The first kappa shape index (κ1) is 16.5. The first-order valence-corrected chi connectivity index (χ1v) is 6.66. The summed E-state index contributed by atoms with van der Waals surface area (Å²) in [5.74, 6) is -2.58. The number of benzene rings is 1. The fraction of sp³-hybridized carbons (Fsp3) is 0.385. The maximum absolute atomic E-state index is 13.6. The van der Waals surface area contributed by atoms with Gasteiger partial charge < -0.3 is 10.2 Å². The van der Waals surface area contributed by atoms with Gasteiger partial charge in [0.05, 0.1) is 5.56 Å². The molecule has 1 atom stereocenters. The molecule has 0 spiro atoms. The largest absolute Gasteiger partial charge is 0.406 e. The van der Waals surface area contributed by atoms with Crippen molar-refractivity contribution in [3.05, 3.63) is 34.6 Å². The van der Waals surface area contributed by atoms with E-state index in [1.54, 1.807) is 0 Å². The van der Waals surface area contributed by atoms with Crippen LogP contribution in [-0.2, 0) is 4.79 Å². The van der Waals surface area contributed by atoms with Crippen LogP contribution in [0.25, 0.3) is 0 Å². The minimum absolute atomic E-state index is 0.0376. The number of carbonyl (C=O) groups is 2. The Morgan fingerprint density at radius 1 is 1.41 bits per heavy atom. The molecule has 2 rings (SSSR count). The van der Waals surface area contributed by atoms with Gasteiger partial charge in [0, 0.05) is 11.6 Å². The van der Waals surface area contributed by atoms with Crippen LogP contribution in [0, 0.1) is 5.82 Å². The van der Waals surface area contributed by atoms with Crippen molar-refractivity contribution in [1.29, 1.82) is 0 Å². The molecule has 1 saturated heterocycles. The average Bonchev–Trinajstić information content (AvgIpc) is 2.69. The van der Waals surface area contributed by atoms with Gasteiger partial charge in [0.15, 0.2) is 0 Å². The summed E-state index contributed by atoms with van der Waals surface area (Å²) in [4.78, 5) is 24.3. The summed E-state index contributed by atoms with van der Waals surface area (Å²) in [6.45, 7) is -1.49. The fourth-order valence-corrected chi connectivity index (χ4v) is 2.31. The number of likely N-dealkylation sites (tertiary alicyclic amines) is 1. The highest BCUT2D eigenvalue weighted by molar-refractivity contribution is 6.30. The third kappa shape index (κ3) is 3.88. The third-order valence-corrected chi connectivity index (χ3v) is 3.38. The van der Waals surface area contributed by atoms with E-state index in [9.17, 15) is 27.2 Å². The van der Waals surface area contributed by atoms with E-state index in [1.165, 1.54) is 6.07 Å². The van der Waals surface area contributed by atoms with Crippen LogP contribution < -0.4 is 5.32 Å². The minimum Gasteiger partial charge on any atom is -0.340 e. The van der Waals surface area contributed by atoms with Gasteiger partial charge in [-0.05, 0) is 24.6 Å². The molecule has 0 bridgehead atoms. The van der Waals surface area contributed by atoms with E-state index < -0.39 is 36.4 Å². The molecule has 0 unspecified atom stereocenters. The van der Waals surface area contributed by atoms with E-state index in [0.717, 1.165) is 12.1 Å². The standard InChI is InChI=1S/C13H11ClF4N2O2/c14-7-1-2-8(9(15)5-7)11(21)19-10-3-4-20(12(10)22)6-13(16,17)18/h1-2,5,10H,3-4,6H2,(H,19,21)/t10-/m0/s1. The lowest BCUT2D eigenvalue weighted by atomic mass is 10.1. The molecule has 1 aromatic carbocycles. The number of hydrogen-bond donors (Lipinski definition) is 1. The van der Waals surface area contributed by atoms with Gasteiger partial charge in [-0.15, -0.1) is 0 Å². The molecule has 1 N–H and O–H groups in total. The molecule has 1 heterocycles. The number of nitrogens with zero attached hydrogens (tertiary/aromatic N) is 1. The van der Waals surface area contributed by atoms with Crippen molar-refractivity contribution >= 4 is 23.4 Å². The topological polar surface area (TPSA) is 49.4 Å². The van der Waals surface area contributed by atoms with E-state index >= 15 is 0 Å². The van der Waals surface area contributed by atoms with Gasteiger partial charge in [-0.3, -0.25) is 9.59 Å². The molecular formula is C13H11ClF4N2O2. The summed E-state index contributed by atoms with van der Waals surface area (Å²) in [5.41, 5.74) is -0.327. The number of hydrogen-bond acceptors (Lipinski definition) is 2. The Bertz CT molecular complexity index is 606. The van der Waals surface area contributed by atoms with Crippen molar-refractivity contribution in [2.45, 2.75) is 18.6 Å². The Morgan fingerprint density at radius 2 is 2.09 bits per heavy atom. The van der Waals surface area contributed by atoms with Crippen molar-refractivity contribution in [2.24, 2.45) is 0 Å². The van der Waals surface area contributed by atoms with Crippen molar-refractivity contribution in [2.75, 3.05) is 13.1 Å². The Hall–Kier alpha value is -1.83. The van der Waals surface area contributed by atoms with Gasteiger partial charge in [0.1, 0.15) is 18.4 Å². The predicted octanol–water partition coefficient (Wildman–Crippen LogP) is 2.37. The van der Waals surface area contributed by atoms with E-state index in [4.69, 9.17) is 11.6 Å². The fourth-order valence-electron chi connectivity index (χ4n) is 2.16. The summed E-state index contributed by atoms with van der Waals surface area (Å²) in [5, 5.41) is 2.34. The molecule has 9 heteroatoms. The van der Waals surface area contributed by atoms with Gasteiger partial charge in [0.2, 0.25) is 5.91 Å². The van der Waals surface area contributed by atoms with Gasteiger partial charge in [-0.25, -0.2) is 4.39 Å². The van der Waals surface area contributed by atoms with Gasteiger partial charge in [-0.2, -0.15) is 13.2 Å². The van der Waals surface area contributed by atoms with Crippen LogP contribution in [0.1, 0.15) is 16.8 Å². The Kier molecular flexibility index (Phi) is 4.60. The molecule has 0 saturated carbocycles. The zero-order chi connectivity index (χ0) is 16.5. The molecular weight excluding hydrogens is 328 g/mol. The van der Waals surface area contributed by atoms with Gasteiger partial charge in [-0.1, -0.05) is 11.6 Å². The summed E-state index contributed by atoms with van der Waals surface area (Å²) in [7, 11) is 0. The van der Waals surface area contributed by atoms with Gasteiger partial charge >= 0.3 is 6.18 Å². The van der Waals surface area contributed by atoms with E-state index in [2.05, 4.69) is 5.32 Å². The van der Waals surface area contributed by atoms with Crippen LogP contribution in [0.2, 0.25) is 5.02 Å². The SMILES string of the molecule is O=C(N[C@H]1CCN(CC(F)(F)F)C1=O)c1ccc(Cl)cc1F. The molecule has 120 valence electrons. The van der Waals surface area contributed by atoms with Crippen LogP contribution in [-0.4, -0.2) is 42.0 Å². The van der Waals surface area contributed by atoms with Crippen molar-refractivity contribution < 1.29 is 27.2 Å². The van der Waals surface area contributed by atoms with E-state index in [-0.39, 0.29) is 23.6 Å². The minimum atomic E-state index is -4.50. The number of rotatable bonds is 3. The molecule has 0 aliphatic carbocycles. The van der Waals surface area contributed by atoms with E-state index in [1.807, 2.05) is 0 Å². The Balaban J connectivity index is 2.02. The Morgan fingerprint density at radius 3 is 2.68 bits per heavy atom. The maximum Gasteiger partial charge on any atom is 0.406 e. The van der Waals surface area contributed by atoms with Crippen LogP contribution in [0.5, 0.6) is 0 Å². The quantitative estimate of drug-likeness (QED) is 0.860. The lowest BCUT2D eigenvalue weighted by molar-refractivity contribution is -0.157.